The average molecular weight is 316 g/mol. The summed E-state index contributed by atoms with van der Waals surface area (Å²) in [5, 5.41) is 10.9. The smallest absolute Gasteiger partial charge is 0.257 e. The van der Waals surface area contributed by atoms with Crippen molar-refractivity contribution >= 4 is 5.91 Å². The van der Waals surface area contributed by atoms with Crippen molar-refractivity contribution in [3.63, 3.8) is 0 Å². The van der Waals surface area contributed by atoms with E-state index in [2.05, 4.69) is 25.2 Å². The summed E-state index contributed by atoms with van der Waals surface area (Å²) >= 11 is 0. The summed E-state index contributed by atoms with van der Waals surface area (Å²) in [6.07, 6.45) is 3.92. The molecule has 8 nitrogen and oxygen atoms in total. The number of aromatic nitrogens is 4. The maximum atomic E-state index is 12.9. The molecule has 0 unspecified atom stereocenters. The fraction of sp³-hybridized carbons (Fsp3) is 0.600. The van der Waals surface area contributed by atoms with Gasteiger partial charge in [0, 0.05) is 25.6 Å². The highest BCUT2D eigenvalue weighted by molar-refractivity contribution is 5.95. The third-order valence-electron chi connectivity index (χ3n) is 4.65. The summed E-state index contributed by atoms with van der Waals surface area (Å²) in [7, 11) is 2.01. The van der Waals surface area contributed by atoms with Gasteiger partial charge in [-0.05, 0) is 26.8 Å². The molecule has 2 aromatic heterocycles. The number of hydrogen-bond donors (Lipinski definition) is 1. The molecule has 2 aliphatic rings. The number of aryl methyl sites for hydroxylation is 1. The molecule has 1 atom stereocenters. The second-order valence-corrected chi connectivity index (χ2v) is 6.40. The van der Waals surface area contributed by atoms with Crippen LogP contribution in [0.2, 0.25) is 0 Å². The molecule has 1 saturated heterocycles. The number of hydrogen-bond acceptors (Lipinski definition) is 6. The van der Waals surface area contributed by atoms with Crippen molar-refractivity contribution in [1.29, 1.82) is 0 Å². The number of nitrogens with one attached hydrogen (secondary N) is 1. The van der Waals surface area contributed by atoms with E-state index in [1.54, 1.807) is 13.1 Å². The average Bonchev–Trinajstić information content (AvgIpc) is 3.11. The standard InChI is InChI=1S/C15H20N6O2/c1-9-17-14(23-19-9)12-8-21(6-5-20(12)2)15(22)11-7-16-18-13(11)10-3-4-10/h7,10,12H,3-6,8H2,1-2H3,(H,16,18)/t12-/m1/s1. The number of amides is 1. The van der Waals surface area contributed by atoms with E-state index in [1.165, 1.54) is 0 Å². The number of piperazine rings is 1. The summed E-state index contributed by atoms with van der Waals surface area (Å²) < 4.78 is 5.31. The van der Waals surface area contributed by atoms with Crippen LogP contribution in [0.3, 0.4) is 0 Å². The molecule has 4 rings (SSSR count). The second-order valence-electron chi connectivity index (χ2n) is 6.40. The van der Waals surface area contributed by atoms with Crippen LogP contribution in [0.4, 0.5) is 0 Å². The summed E-state index contributed by atoms with van der Waals surface area (Å²) in [6.45, 7) is 3.81. The lowest BCUT2D eigenvalue weighted by Gasteiger charge is -2.37. The molecule has 8 heteroatoms. The number of likely N-dealkylation sites (N-methyl/N-ethyl adjacent to an activating group) is 1. The third kappa shape index (κ3) is 2.63. The van der Waals surface area contributed by atoms with Crippen LogP contribution in [-0.2, 0) is 0 Å². The van der Waals surface area contributed by atoms with Crippen molar-refractivity contribution in [2.45, 2.75) is 31.7 Å². The van der Waals surface area contributed by atoms with Gasteiger partial charge in [0.2, 0.25) is 5.89 Å². The van der Waals surface area contributed by atoms with Gasteiger partial charge in [-0.3, -0.25) is 14.8 Å². The molecule has 1 N–H and O–H groups in total. The maximum Gasteiger partial charge on any atom is 0.257 e. The SMILES string of the molecule is Cc1noc([C@H]2CN(C(=O)c3cn[nH]c3C3CC3)CCN2C)n1. The predicted molar refractivity (Wildman–Crippen MR) is 80.9 cm³/mol. The van der Waals surface area contributed by atoms with Crippen molar-refractivity contribution < 1.29 is 9.32 Å². The van der Waals surface area contributed by atoms with Crippen LogP contribution in [0.25, 0.3) is 0 Å². The highest BCUT2D eigenvalue weighted by Gasteiger charge is 2.35. The third-order valence-corrected chi connectivity index (χ3v) is 4.65. The van der Waals surface area contributed by atoms with Crippen LogP contribution >= 0.6 is 0 Å². The summed E-state index contributed by atoms with van der Waals surface area (Å²) in [5.74, 6) is 1.69. The number of nitrogens with zero attached hydrogens (tertiary/aromatic N) is 5. The largest absolute Gasteiger partial charge is 0.338 e. The van der Waals surface area contributed by atoms with Crippen molar-refractivity contribution in [3.8, 4) is 0 Å². The molecule has 1 aliphatic heterocycles. The van der Waals surface area contributed by atoms with Crippen LogP contribution < -0.4 is 0 Å². The van der Waals surface area contributed by atoms with E-state index in [4.69, 9.17) is 4.52 Å². The first kappa shape index (κ1) is 14.4. The Bertz CT molecular complexity index is 719. The molecule has 1 amide bonds. The Kier molecular flexibility index (Phi) is 3.41. The molecule has 0 spiro atoms. The Labute approximate surface area is 133 Å². The lowest BCUT2D eigenvalue weighted by molar-refractivity contribution is 0.0488. The van der Waals surface area contributed by atoms with E-state index in [-0.39, 0.29) is 11.9 Å². The minimum absolute atomic E-state index is 0.0370. The van der Waals surface area contributed by atoms with Gasteiger partial charge in [-0.15, -0.1) is 0 Å². The molecular formula is C15H20N6O2. The molecule has 1 aliphatic carbocycles. The van der Waals surface area contributed by atoms with Gasteiger partial charge in [0.05, 0.1) is 17.5 Å². The van der Waals surface area contributed by atoms with Gasteiger partial charge >= 0.3 is 0 Å². The Hall–Kier alpha value is -2.22. The second kappa shape index (κ2) is 5.45. The van der Waals surface area contributed by atoms with Crippen molar-refractivity contribution in [2.24, 2.45) is 0 Å². The van der Waals surface area contributed by atoms with E-state index >= 15 is 0 Å². The fourth-order valence-corrected chi connectivity index (χ4v) is 3.09. The van der Waals surface area contributed by atoms with E-state index in [1.807, 2.05) is 11.9 Å². The monoisotopic (exact) mass is 316 g/mol. The number of carbonyl (C=O) groups excluding carboxylic acids is 1. The zero-order valence-electron chi connectivity index (χ0n) is 13.3. The van der Waals surface area contributed by atoms with Gasteiger partial charge in [0.1, 0.15) is 6.04 Å². The zero-order chi connectivity index (χ0) is 16.0. The van der Waals surface area contributed by atoms with Gasteiger partial charge in [-0.25, -0.2) is 0 Å². The minimum Gasteiger partial charge on any atom is -0.338 e. The van der Waals surface area contributed by atoms with Crippen LogP contribution in [0, 0.1) is 6.92 Å². The fourth-order valence-electron chi connectivity index (χ4n) is 3.09. The van der Waals surface area contributed by atoms with E-state index in [0.717, 1.165) is 25.1 Å². The van der Waals surface area contributed by atoms with Crippen molar-refractivity contribution in [2.75, 3.05) is 26.7 Å². The van der Waals surface area contributed by atoms with Crippen LogP contribution in [0.15, 0.2) is 10.7 Å². The highest BCUT2D eigenvalue weighted by Crippen LogP contribution is 2.40. The Morgan fingerprint density at radius 1 is 1.39 bits per heavy atom. The first-order valence-corrected chi connectivity index (χ1v) is 7.96. The van der Waals surface area contributed by atoms with Crippen LogP contribution in [-0.4, -0.2) is 62.7 Å². The summed E-state index contributed by atoms with van der Waals surface area (Å²) in [6, 6.07) is -0.0647. The minimum atomic E-state index is -0.0647. The van der Waals surface area contributed by atoms with Crippen LogP contribution in [0.1, 0.15) is 52.6 Å². The molecule has 3 heterocycles. The number of rotatable bonds is 3. The molecule has 23 heavy (non-hydrogen) atoms. The van der Waals surface area contributed by atoms with Crippen molar-refractivity contribution in [1.82, 2.24) is 30.1 Å². The first-order chi connectivity index (χ1) is 11.1. The van der Waals surface area contributed by atoms with Gasteiger partial charge < -0.3 is 9.42 Å². The lowest BCUT2D eigenvalue weighted by atomic mass is 10.1. The summed E-state index contributed by atoms with van der Waals surface area (Å²) in [4.78, 5) is 21.2. The topological polar surface area (TPSA) is 91.2 Å². The quantitative estimate of drug-likeness (QED) is 0.912. The van der Waals surface area contributed by atoms with E-state index < -0.39 is 0 Å². The molecule has 0 radical (unpaired) electrons. The van der Waals surface area contributed by atoms with E-state index in [0.29, 0.717) is 36.3 Å². The first-order valence-electron chi connectivity index (χ1n) is 7.96. The molecule has 2 fully saturated rings. The molecular weight excluding hydrogens is 296 g/mol. The van der Waals surface area contributed by atoms with Gasteiger partial charge in [0.15, 0.2) is 5.82 Å². The molecule has 0 bridgehead atoms. The summed E-state index contributed by atoms with van der Waals surface area (Å²) in [5.41, 5.74) is 1.69. The Morgan fingerprint density at radius 3 is 2.91 bits per heavy atom. The normalized spacial score (nSPS) is 22.5. The number of carbonyl (C=O) groups is 1. The molecule has 0 aromatic carbocycles. The van der Waals surface area contributed by atoms with Crippen molar-refractivity contribution in [3.05, 3.63) is 29.2 Å². The van der Waals surface area contributed by atoms with Gasteiger partial charge in [0.25, 0.3) is 5.91 Å². The molecule has 2 aromatic rings. The number of H-pyrrole nitrogens is 1. The van der Waals surface area contributed by atoms with E-state index in [9.17, 15) is 4.79 Å². The lowest BCUT2D eigenvalue weighted by Crippen LogP contribution is -2.49. The Balaban J connectivity index is 1.54. The molecule has 1 saturated carbocycles. The van der Waals surface area contributed by atoms with Crippen LogP contribution in [0.5, 0.6) is 0 Å². The molecule has 122 valence electrons. The van der Waals surface area contributed by atoms with Gasteiger partial charge in [-0.2, -0.15) is 10.1 Å². The highest BCUT2D eigenvalue weighted by atomic mass is 16.5. The zero-order valence-corrected chi connectivity index (χ0v) is 13.3. The van der Waals surface area contributed by atoms with Gasteiger partial charge in [-0.1, -0.05) is 5.16 Å². The maximum absolute atomic E-state index is 12.9. The number of aromatic amines is 1. The predicted octanol–water partition coefficient (Wildman–Crippen LogP) is 1.11. The Morgan fingerprint density at radius 2 is 2.22 bits per heavy atom.